The Morgan fingerprint density at radius 3 is 2.64 bits per heavy atom. The third-order valence-electron chi connectivity index (χ3n) is 8.02. The number of nitrogens with two attached hydrogens (primary N) is 1. The summed E-state index contributed by atoms with van der Waals surface area (Å²) >= 11 is 0. The zero-order chi connectivity index (χ0) is 27.4. The molecule has 1 saturated heterocycles. The molecule has 2 aliphatic rings. The molecular formula is C30H40N4O4S. The summed E-state index contributed by atoms with van der Waals surface area (Å²) in [5.74, 6) is 0.822. The van der Waals surface area contributed by atoms with E-state index < -0.39 is 10.0 Å². The second-order valence-corrected chi connectivity index (χ2v) is 13.1. The van der Waals surface area contributed by atoms with Gasteiger partial charge < -0.3 is 20.8 Å². The van der Waals surface area contributed by atoms with Gasteiger partial charge in [-0.3, -0.25) is 4.79 Å². The number of hydrogen-bond donors (Lipinski definition) is 3. The predicted molar refractivity (Wildman–Crippen MR) is 155 cm³/mol. The Bertz CT molecular complexity index is 1410. The summed E-state index contributed by atoms with van der Waals surface area (Å²) in [6.07, 6.45) is 6.87. The number of aromatic nitrogens is 1. The van der Waals surface area contributed by atoms with E-state index in [0.29, 0.717) is 26.1 Å². The lowest BCUT2D eigenvalue weighted by Crippen LogP contribution is -2.39. The maximum absolute atomic E-state index is 12.8. The summed E-state index contributed by atoms with van der Waals surface area (Å²) in [6.45, 7) is 3.37. The SMILES string of the molecule is COCCCS(=O)(=O)N1CCC(c2c[nH]c3c(CC(N)=O)cc(-c4cccc(CNCC5CC5)c4)cc23)CC1. The van der Waals surface area contributed by atoms with Gasteiger partial charge in [-0.2, -0.15) is 0 Å². The minimum absolute atomic E-state index is 0.119. The highest BCUT2D eigenvalue weighted by molar-refractivity contribution is 7.89. The summed E-state index contributed by atoms with van der Waals surface area (Å²) in [6, 6.07) is 12.8. The molecule has 2 aromatic carbocycles. The van der Waals surface area contributed by atoms with Crippen LogP contribution in [0.1, 0.15) is 54.7 Å². The first-order valence-corrected chi connectivity index (χ1v) is 15.6. The molecule has 8 nitrogen and oxygen atoms in total. The standard InChI is InChI=1S/C30H40N4O4S/c1-38-12-3-13-39(36,37)34-10-8-23(9-11-34)28-20-33-30-26(17-29(31)35)15-25(16-27(28)30)24-5-2-4-22(14-24)19-32-18-21-6-7-21/h2,4-5,14-16,20-21,23,32-33H,3,6-13,17-19H2,1H3,(H2,31,35). The number of sulfonamides is 1. The number of nitrogens with one attached hydrogen (secondary N) is 2. The van der Waals surface area contributed by atoms with Crippen LogP contribution in [-0.2, 0) is 32.5 Å². The highest BCUT2D eigenvalue weighted by Gasteiger charge is 2.30. The largest absolute Gasteiger partial charge is 0.385 e. The summed E-state index contributed by atoms with van der Waals surface area (Å²) < 4.78 is 32.2. The fourth-order valence-corrected chi connectivity index (χ4v) is 7.23. The van der Waals surface area contributed by atoms with Crippen LogP contribution in [0, 0.1) is 5.92 Å². The number of ether oxygens (including phenoxy) is 1. The van der Waals surface area contributed by atoms with E-state index in [1.165, 1.54) is 24.0 Å². The minimum atomic E-state index is -3.28. The highest BCUT2D eigenvalue weighted by atomic mass is 32.2. The Morgan fingerprint density at radius 1 is 1.13 bits per heavy atom. The fraction of sp³-hybridized carbons (Fsp3) is 0.500. The molecular weight excluding hydrogens is 512 g/mol. The normalized spacial score (nSPS) is 17.2. The maximum Gasteiger partial charge on any atom is 0.221 e. The number of rotatable bonds is 13. The number of H-pyrrole nitrogens is 1. The lowest BCUT2D eigenvalue weighted by molar-refractivity contribution is -0.117. The smallest absolute Gasteiger partial charge is 0.221 e. The van der Waals surface area contributed by atoms with E-state index >= 15 is 0 Å². The lowest BCUT2D eigenvalue weighted by atomic mass is 9.88. The minimum Gasteiger partial charge on any atom is -0.385 e. The van der Waals surface area contributed by atoms with Crippen LogP contribution in [0.15, 0.2) is 42.6 Å². The molecule has 5 rings (SSSR count). The van der Waals surface area contributed by atoms with Gasteiger partial charge in [0.15, 0.2) is 0 Å². The molecule has 2 fully saturated rings. The van der Waals surface area contributed by atoms with Crippen molar-refractivity contribution in [3.8, 4) is 11.1 Å². The molecule has 0 radical (unpaired) electrons. The van der Waals surface area contributed by atoms with Gasteiger partial charge in [0.05, 0.1) is 12.2 Å². The Morgan fingerprint density at radius 2 is 1.92 bits per heavy atom. The summed E-state index contributed by atoms with van der Waals surface area (Å²) in [5, 5.41) is 4.65. The van der Waals surface area contributed by atoms with Crippen molar-refractivity contribution in [1.82, 2.24) is 14.6 Å². The van der Waals surface area contributed by atoms with Crippen LogP contribution in [0.4, 0.5) is 0 Å². The molecule has 4 N–H and O–H groups in total. The highest BCUT2D eigenvalue weighted by Crippen LogP contribution is 2.37. The van der Waals surface area contributed by atoms with E-state index in [1.54, 1.807) is 11.4 Å². The zero-order valence-electron chi connectivity index (χ0n) is 22.7. The number of methoxy groups -OCH3 is 1. The molecule has 39 heavy (non-hydrogen) atoms. The van der Waals surface area contributed by atoms with Gasteiger partial charge >= 0.3 is 0 Å². The Hall–Kier alpha value is -2.72. The zero-order valence-corrected chi connectivity index (χ0v) is 23.6. The summed E-state index contributed by atoms with van der Waals surface area (Å²) in [4.78, 5) is 15.4. The molecule has 1 aromatic heterocycles. The molecule has 1 aliphatic heterocycles. The predicted octanol–water partition coefficient (Wildman–Crippen LogP) is 3.91. The molecule has 0 spiro atoms. The van der Waals surface area contributed by atoms with Crippen molar-refractivity contribution in [2.75, 3.05) is 39.1 Å². The molecule has 1 saturated carbocycles. The van der Waals surface area contributed by atoms with Gasteiger partial charge in [0.2, 0.25) is 15.9 Å². The molecule has 0 bridgehead atoms. The number of fused-ring (bicyclic) bond motifs is 1. The number of primary amides is 1. The van der Waals surface area contributed by atoms with E-state index in [9.17, 15) is 13.2 Å². The monoisotopic (exact) mass is 552 g/mol. The average Bonchev–Trinajstić information content (AvgIpc) is 3.64. The van der Waals surface area contributed by atoms with Gasteiger partial charge in [0, 0.05) is 50.5 Å². The third kappa shape index (κ3) is 6.90. The maximum atomic E-state index is 12.8. The van der Waals surface area contributed by atoms with Crippen molar-refractivity contribution in [3.05, 3.63) is 59.3 Å². The van der Waals surface area contributed by atoms with Gasteiger partial charge in [-0.15, -0.1) is 0 Å². The second-order valence-electron chi connectivity index (χ2n) is 11.1. The van der Waals surface area contributed by atoms with Crippen LogP contribution in [0.5, 0.6) is 0 Å². The first-order valence-electron chi connectivity index (χ1n) is 14.0. The number of piperidine rings is 1. The van der Waals surface area contributed by atoms with Crippen molar-refractivity contribution in [2.45, 2.75) is 51.0 Å². The van der Waals surface area contributed by atoms with Crippen molar-refractivity contribution in [1.29, 1.82) is 0 Å². The first kappa shape index (κ1) is 27.8. The van der Waals surface area contributed by atoms with E-state index in [1.807, 2.05) is 6.20 Å². The Balaban J connectivity index is 1.38. The van der Waals surface area contributed by atoms with Crippen molar-refractivity contribution in [2.24, 2.45) is 11.7 Å². The number of amides is 1. The van der Waals surface area contributed by atoms with Crippen LogP contribution < -0.4 is 11.1 Å². The molecule has 1 amide bonds. The number of hydrogen-bond acceptors (Lipinski definition) is 5. The summed E-state index contributed by atoms with van der Waals surface area (Å²) in [5.41, 5.74) is 12.0. The molecule has 210 valence electrons. The third-order valence-corrected chi connectivity index (χ3v) is 9.98. The Labute approximate surface area is 231 Å². The molecule has 1 aliphatic carbocycles. The van der Waals surface area contributed by atoms with Gasteiger partial charge in [0.25, 0.3) is 0 Å². The topological polar surface area (TPSA) is 118 Å². The number of benzene rings is 2. The quantitative estimate of drug-likeness (QED) is 0.278. The van der Waals surface area contributed by atoms with Gasteiger partial charge in [-0.05, 0) is 96.5 Å². The van der Waals surface area contributed by atoms with E-state index in [-0.39, 0.29) is 24.0 Å². The molecule has 0 atom stereocenters. The number of carbonyl (C=O) groups excluding carboxylic acids is 1. The average molecular weight is 553 g/mol. The molecule has 3 aromatic rings. The van der Waals surface area contributed by atoms with Crippen LogP contribution in [-0.4, -0.2) is 62.7 Å². The number of carbonyl (C=O) groups is 1. The van der Waals surface area contributed by atoms with E-state index in [2.05, 4.69) is 46.7 Å². The second kappa shape index (κ2) is 12.2. The fourth-order valence-electron chi connectivity index (χ4n) is 5.72. The van der Waals surface area contributed by atoms with Gasteiger partial charge in [-0.25, -0.2) is 12.7 Å². The van der Waals surface area contributed by atoms with Crippen LogP contribution in [0.3, 0.4) is 0 Å². The van der Waals surface area contributed by atoms with Crippen LogP contribution in [0.2, 0.25) is 0 Å². The summed E-state index contributed by atoms with van der Waals surface area (Å²) in [7, 11) is -1.69. The lowest BCUT2D eigenvalue weighted by Gasteiger charge is -2.31. The van der Waals surface area contributed by atoms with Crippen LogP contribution >= 0.6 is 0 Å². The first-order chi connectivity index (χ1) is 18.8. The van der Waals surface area contributed by atoms with Crippen molar-refractivity contribution >= 4 is 26.8 Å². The number of aromatic amines is 1. The van der Waals surface area contributed by atoms with E-state index in [4.69, 9.17) is 10.5 Å². The van der Waals surface area contributed by atoms with Crippen molar-refractivity contribution < 1.29 is 17.9 Å². The molecule has 9 heteroatoms. The van der Waals surface area contributed by atoms with Gasteiger partial charge in [-0.1, -0.05) is 18.2 Å². The molecule has 0 unspecified atom stereocenters. The van der Waals surface area contributed by atoms with Crippen LogP contribution in [0.25, 0.3) is 22.0 Å². The van der Waals surface area contributed by atoms with Crippen molar-refractivity contribution in [3.63, 3.8) is 0 Å². The van der Waals surface area contributed by atoms with Gasteiger partial charge in [0.1, 0.15) is 0 Å². The molecule has 2 heterocycles. The van der Waals surface area contributed by atoms with E-state index in [0.717, 1.165) is 59.4 Å². The Kier molecular flexibility index (Phi) is 8.71. The number of nitrogens with zero attached hydrogens (tertiary/aromatic N) is 1.